The van der Waals surface area contributed by atoms with Crippen molar-refractivity contribution < 1.29 is 4.39 Å². The van der Waals surface area contributed by atoms with Crippen LogP contribution in [0.1, 0.15) is 24.2 Å². The van der Waals surface area contributed by atoms with Gasteiger partial charge in [0.25, 0.3) is 0 Å². The summed E-state index contributed by atoms with van der Waals surface area (Å²) in [5.41, 5.74) is 1.61. The Morgan fingerprint density at radius 1 is 1.26 bits per heavy atom. The minimum absolute atomic E-state index is 0.0875. The molecule has 4 heteroatoms. The number of rotatable bonds is 5. The molecule has 0 fully saturated rings. The van der Waals surface area contributed by atoms with Crippen LogP contribution in [0.5, 0.6) is 0 Å². The molecule has 19 heavy (non-hydrogen) atoms. The Bertz CT molecular complexity index is 511. The van der Waals surface area contributed by atoms with Gasteiger partial charge in [0.1, 0.15) is 5.82 Å². The number of pyridine rings is 1. The normalized spacial score (nSPS) is 12.4. The van der Waals surface area contributed by atoms with E-state index >= 15 is 0 Å². The van der Waals surface area contributed by atoms with E-state index in [0.29, 0.717) is 12.0 Å². The summed E-state index contributed by atoms with van der Waals surface area (Å²) in [6, 6.07) is 10.7. The van der Waals surface area contributed by atoms with Gasteiger partial charge in [0.05, 0.1) is 0 Å². The summed E-state index contributed by atoms with van der Waals surface area (Å²) in [7, 11) is 0. The van der Waals surface area contributed by atoms with Crippen LogP contribution in [0, 0.1) is 5.82 Å². The number of halogens is 2. The lowest BCUT2D eigenvalue weighted by Gasteiger charge is -2.20. The SMILES string of the molecule is CCNC(Cc1ccccn1)c1c(F)cccc1Br. The highest BCUT2D eigenvalue weighted by Gasteiger charge is 2.18. The third-order valence-electron chi connectivity index (χ3n) is 2.94. The van der Waals surface area contributed by atoms with Crippen molar-refractivity contribution in [3.8, 4) is 0 Å². The largest absolute Gasteiger partial charge is 0.310 e. The average Bonchev–Trinajstić information content (AvgIpc) is 2.40. The van der Waals surface area contributed by atoms with Gasteiger partial charge in [-0.05, 0) is 30.8 Å². The fourth-order valence-electron chi connectivity index (χ4n) is 2.09. The third-order valence-corrected chi connectivity index (χ3v) is 3.63. The molecule has 1 atom stereocenters. The van der Waals surface area contributed by atoms with E-state index in [1.165, 1.54) is 6.07 Å². The van der Waals surface area contributed by atoms with E-state index in [-0.39, 0.29) is 11.9 Å². The minimum Gasteiger partial charge on any atom is -0.310 e. The van der Waals surface area contributed by atoms with Gasteiger partial charge in [0.15, 0.2) is 0 Å². The van der Waals surface area contributed by atoms with Crippen LogP contribution in [0.2, 0.25) is 0 Å². The first-order valence-electron chi connectivity index (χ1n) is 6.29. The van der Waals surface area contributed by atoms with E-state index in [2.05, 4.69) is 26.2 Å². The number of likely N-dealkylation sites (N-methyl/N-ethyl adjacent to an activating group) is 1. The fourth-order valence-corrected chi connectivity index (χ4v) is 2.71. The second-order valence-corrected chi connectivity index (χ2v) is 5.13. The number of nitrogens with one attached hydrogen (secondary N) is 1. The van der Waals surface area contributed by atoms with E-state index in [1.54, 1.807) is 12.3 Å². The molecular formula is C15H16BrFN2. The molecule has 0 aliphatic heterocycles. The molecule has 1 heterocycles. The van der Waals surface area contributed by atoms with Gasteiger partial charge in [-0.25, -0.2) is 4.39 Å². The highest BCUT2D eigenvalue weighted by Crippen LogP contribution is 2.28. The minimum atomic E-state index is -0.198. The fraction of sp³-hybridized carbons (Fsp3) is 0.267. The van der Waals surface area contributed by atoms with Gasteiger partial charge in [-0.15, -0.1) is 0 Å². The predicted molar refractivity (Wildman–Crippen MR) is 78.5 cm³/mol. The molecule has 0 amide bonds. The third kappa shape index (κ3) is 3.61. The van der Waals surface area contributed by atoms with Gasteiger partial charge >= 0.3 is 0 Å². The standard InChI is InChI=1S/C15H16BrFN2/c1-2-18-14(10-11-6-3-4-9-19-11)15-12(16)7-5-8-13(15)17/h3-9,14,18H,2,10H2,1H3. The first kappa shape index (κ1) is 14.2. The monoisotopic (exact) mass is 322 g/mol. The Morgan fingerprint density at radius 2 is 2.11 bits per heavy atom. The van der Waals surface area contributed by atoms with Gasteiger partial charge in [-0.3, -0.25) is 4.98 Å². The van der Waals surface area contributed by atoms with E-state index in [1.807, 2.05) is 31.2 Å². The van der Waals surface area contributed by atoms with Crippen molar-refractivity contribution in [3.63, 3.8) is 0 Å². The first-order valence-corrected chi connectivity index (χ1v) is 7.09. The van der Waals surface area contributed by atoms with Gasteiger partial charge in [0.2, 0.25) is 0 Å². The quantitative estimate of drug-likeness (QED) is 0.903. The van der Waals surface area contributed by atoms with Gasteiger partial charge in [0, 0.05) is 34.4 Å². The molecule has 0 aliphatic rings. The molecule has 0 bridgehead atoms. The average molecular weight is 323 g/mol. The molecule has 0 saturated carbocycles. The second-order valence-electron chi connectivity index (χ2n) is 4.27. The van der Waals surface area contributed by atoms with E-state index in [9.17, 15) is 4.39 Å². The van der Waals surface area contributed by atoms with Gasteiger partial charge < -0.3 is 5.32 Å². The highest BCUT2D eigenvalue weighted by molar-refractivity contribution is 9.10. The lowest BCUT2D eigenvalue weighted by Crippen LogP contribution is -2.24. The maximum Gasteiger partial charge on any atom is 0.129 e. The molecule has 1 unspecified atom stereocenters. The van der Waals surface area contributed by atoms with Crippen molar-refractivity contribution >= 4 is 15.9 Å². The van der Waals surface area contributed by atoms with Crippen LogP contribution in [0.3, 0.4) is 0 Å². The van der Waals surface area contributed by atoms with E-state index in [4.69, 9.17) is 0 Å². The summed E-state index contributed by atoms with van der Waals surface area (Å²) in [5.74, 6) is -0.198. The number of aromatic nitrogens is 1. The van der Waals surface area contributed by atoms with Crippen LogP contribution < -0.4 is 5.32 Å². The lowest BCUT2D eigenvalue weighted by atomic mass is 10.0. The molecule has 0 saturated heterocycles. The van der Waals surface area contributed by atoms with Crippen molar-refractivity contribution in [2.75, 3.05) is 6.54 Å². The molecule has 1 N–H and O–H groups in total. The van der Waals surface area contributed by atoms with Crippen LogP contribution in [-0.4, -0.2) is 11.5 Å². The van der Waals surface area contributed by atoms with Crippen molar-refractivity contribution in [2.45, 2.75) is 19.4 Å². The number of hydrogen-bond acceptors (Lipinski definition) is 2. The van der Waals surface area contributed by atoms with E-state index < -0.39 is 0 Å². The smallest absolute Gasteiger partial charge is 0.129 e. The number of nitrogens with zero attached hydrogens (tertiary/aromatic N) is 1. The zero-order valence-corrected chi connectivity index (χ0v) is 12.3. The van der Waals surface area contributed by atoms with Crippen molar-refractivity contribution in [2.24, 2.45) is 0 Å². The van der Waals surface area contributed by atoms with Crippen molar-refractivity contribution in [1.82, 2.24) is 10.3 Å². The van der Waals surface area contributed by atoms with Crippen LogP contribution >= 0.6 is 15.9 Å². The number of benzene rings is 1. The van der Waals surface area contributed by atoms with Crippen molar-refractivity contribution in [1.29, 1.82) is 0 Å². The predicted octanol–water partition coefficient (Wildman–Crippen LogP) is 3.88. The van der Waals surface area contributed by atoms with Crippen LogP contribution in [-0.2, 0) is 6.42 Å². The zero-order chi connectivity index (χ0) is 13.7. The summed E-state index contributed by atoms with van der Waals surface area (Å²) in [6.07, 6.45) is 2.42. The molecule has 0 aliphatic carbocycles. The Balaban J connectivity index is 2.30. The maximum atomic E-state index is 14.0. The Hall–Kier alpha value is -1.26. The molecule has 100 valence electrons. The van der Waals surface area contributed by atoms with Gasteiger partial charge in [-0.1, -0.05) is 35.0 Å². The Labute approximate surface area is 121 Å². The van der Waals surface area contributed by atoms with E-state index in [0.717, 1.165) is 16.7 Å². The Kier molecular flexibility index (Phi) is 5.05. The molecule has 1 aromatic heterocycles. The van der Waals surface area contributed by atoms with Crippen molar-refractivity contribution in [3.05, 3.63) is 64.1 Å². The van der Waals surface area contributed by atoms with Gasteiger partial charge in [-0.2, -0.15) is 0 Å². The van der Waals surface area contributed by atoms with Crippen LogP contribution in [0.4, 0.5) is 4.39 Å². The molecule has 2 aromatic rings. The summed E-state index contributed by atoms with van der Waals surface area (Å²) in [5, 5.41) is 3.32. The zero-order valence-electron chi connectivity index (χ0n) is 10.7. The maximum absolute atomic E-state index is 14.0. The van der Waals surface area contributed by atoms with Crippen LogP contribution in [0.15, 0.2) is 47.1 Å². The molecule has 2 rings (SSSR count). The topological polar surface area (TPSA) is 24.9 Å². The van der Waals surface area contributed by atoms with Crippen LogP contribution in [0.25, 0.3) is 0 Å². The lowest BCUT2D eigenvalue weighted by molar-refractivity contribution is 0.504. The first-order chi connectivity index (χ1) is 9.22. The number of hydrogen-bond donors (Lipinski definition) is 1. The molecule has 0 radical (unpaired) electrons. The summed E-state index contributed by atoms with van der Waals surface area (Å²) < 4.78 is 14.8. The highest BCUT2D eigenvalue weighted by atomic mass is 79.9. The molecule has 0 spiro atoms. The molecular weight excluding hydrogens is 307 g/mol. The Morgan fingerprint density at radius 3 is 2.74 bits per heavy atom. The summed E-state index contributed by atoms with van der Waals surface area (Å²) >= 11 is 3.43. The molecule has 1 aromatic carbocycles. The summed E-state index contributed by atoms with van der Waals surface area (Å²) in [6.45, 7) is 2.79. The molecule has 2 nitrogen and oxygen atoms in total. The summed E-state index contributed by atoms with van der Waals surface area (Å²) in [4.78, 5) is 4.31. The second kappa shape index (κ2) is 6.78.